The summed E-state index contributed by atoms with van der Waals surface area (Å²) in [6, 6.07) is 0.446. The summed E-state index contributed by atoms with van der Waals surface area (Å²) in [6.07, 6.45) is 4.70. The van der Waals surface area contributed by atoms with Crippen molar-refractivity contribution in [3.8, 4) is 0 Å². The molecule has 2 rings (SSSR count). The predicted molar refractivity (Wildman–Crippen MR) is 55.6 cm³/mol. The van der Waals surface area contributed by atoms with Gasteiger partial charge in [0, 0.05) is 12.6 Å². The van der Waals surface area contributed by atoms with Crippen LogP contribution in [0.1, 0.15) is 32.6 Å². The molecule has 1 amide bonds. The maximum atomic E-state index is 11.6. The van der Waals surface area contributed by atoms with E-state index in [-0.39, 0.29) is 11.8 Å². The Morgan fingerprint density at radius 1 is 1.43 bits per heavy atom. The fourth-order valence-corrected chi connectivity index (χ4v) is 2.93. The Bertz CT molecular complexity index is 229. The van der Waals surface area contributed by atoms with Gasteiger partial charge in [-0.2, -0.15) is 0 Å². The highest BCUT2D eigenvalue weighted by molar-refractivity contribution is 5.80. The van der Waals surface area contributed by atoms with Crippen molar-refractivity contribution in [1.29, 1.82) is 0 Å². The van der Waals surface area contributed by atoms with Gasteiger partial charge in [-0.3, -0.25) is 4.79 Å². The quantitative estimate of drug-likeness (QED) is 0.654. The molecule has 0 aromatic carbocycles. The third-order valence-electron chi connectivity index (χ3n) is 3.81. The van der Waals surface area contributed by atoms with Crippen LogP contribution in [-0.4, -0.2) is 18.5 Å². The zero-order valence-corrected chi connectivity index (χ0v) is 8.83. The Kier molecular flexibility index (Phi) is 2.77. The lowest BCUT2D eigenvalue weighted by Crippen LogP contribution is -2.53. The van der Waals surface area contributed by atoms with Crippen LogP contribution in [-0.2, 0) is 4.79 Å². The van der Waals surface area contributed by atoms with E-state index < -0.39 is 0 Å². The Labute approximate surface area is 85.4 Å². The van der Waals surface area contributed by atoms with Crippen LogP contribution in [0.5, 0.6) is 0 Å². The largest absolute Gasteiger partial charge is 0.353 e. The summed E-state index contributed by atoms with van der Waals surface area (Å²) in [5, 5.41) is 3.12. The van der Waals surface area contributed by atoms with Crippen LogP contribution >= 0.6 is 0 Å². The molecule has 1 aliphatic heterocycles. The summed E-state index contributed by atoms with van der Waals surface area (Å²) in [6.45, 7) is 2.81. The molecule has 0 aromatic heterocycles. The second-order valence-corrected chi connectivity index (χ2v) is 4.96. The van der Waals surface area contributed by atoms with Gasteiger partial charge in [-0.1, -0.05) is 6.92 Å². The molecule has 0 spiro atoms. The van der Waals surface area contributed by atoms with Gasteiger partial charge in [0.15, 0.2) is 0 Å². The highest BCUT2D eigenvalue weighted by Crippen LogP contribution is 2.35. The van der Waals surface area contributed by atoms with Crippen molar-refractivity contribution in [3.63, 3.8) is 0 Å². The van der Waals surface area contributed by atoms with Crippen molar-refractivity contribution in [2.75, 3.05) is 6.54 Å². The molecule has 0 aromatic rings. The fraction of sp³-hybridized carbons (Fsp3) is 0.909. The van der Waals surface area contributed by atoms with Gasteiger partial charge in [-0.15, -0.1) is 0 Å². The number of amides is 1. The van der Waals surface area contributed by atoms with Crippen molar-refractivity contribution in [2.45, 2.75) is 38.6 Å². The summed E-state index contributed by atoms with van der Waals surface area (Å²) >= 11 is 0. The summed E-state index contributed by atoms with van der Waals surface area (Å²) in [5.74, 6) is 1.76. The number of carbonyl (C=O) groups excluding carboxylic acids is 1. The van der Waals surface area contributed by atoms with E-state index in [2.05, 4.69) is 12.2 Å². The van der Waals surface area contributed by atoms with Crippen molar-refractivity contribution in [3.05, 3.63) is 0 Å². The molecular weight excluding hydrogens is 176 g/mol. The van der Waals surface area contributed by atoms with Crippen molar-refractivity contribution in [2.24, 2.45) is 23.5 Å². The zero-order chi connectivity index (χ0) is 10.1. The molecule has 3 nitrogen and oxygen atoms in total. The molecular formula is C11H20N2O. The molecule has 0 unspecified atom stereocenters. The summed E-state index contributed by atoms with van der Waals surface area (Å²) in [7, 11) is 0. The number of nitrogens with one attached hydrogen (secondary N) is 1. The first kappa shape index (κ1) is 9.97. The fourth-order valence-electron chi connectivity index (χ4n) is 2.93. The average molecular weight is 196 g/mol. The zero-order valence-electron chi connectivity index (χ0n) is 8.83. The first-order chi connectivity index (χ1) is 6.70. The van der Waals surface area contributed by atoms with Gasteiger partial charge >= 0.3 is 0 Å². The number of piperidine rings is 1. The SMILES string of the molecule is C[C@@H]1CC[C@@H]2NC(=O)[C@H](CN)C[C@H]2C1. The van der Waals surface area contributed by atoms with Crippen molar-refractivity contribution in [1.82, 2.24) is 5.32 Å². The van der Waals surface area contributed by atoms with E-state index in [4.69, 9.17) is 5.73 Å². The molecule has 1 heterocycles. The van der Waals surface area contributed by atoms with Crippen molar-refractivity contribution < 1.29 is 4.79 Å². The van der Waals surface area contributed by atoms with Crippen LogP contribution in [0.25, 0.3) is 0 Å². The molecule has 1 aliphatic carbocycles. The van der Waals surface area contributed by atoms with E-state index in [1.54, 1.807) is 0 Å². The number of nitrogens with two attached hydrogens (primary N) is 1. The minimum absolute atomic E-state index is 0.0709. The first-order valence-corrected chi connectivity index (χ1v) is 5.71. The Hall–Kier alpha value is -0.570. The summed E-state index contributed by atoms with van der Waals surface area (Å²) in [4.78, 5) is 11.6. The minimum Gasteiger partial charge on any atom is -0.353 e. The van der Waals surface area contributed by atoms with E-state index >= 15 is 0 Å². The Balaban J connectivity index is 2.01. The second-order valence-electron chi connectivity index (χ2n) is 4.96. The molecule has 0 bridgehead atoms. The molecule has 1 saturated carbocycles. The molecule has 4 atom stereocenters. The van der Waals surface area contributed by atoms with Crippen LogP contribution < -0.4 is 11.1 Å². The Morgan fingerprint density at radius 3 is 2.93 bits per heavy atom. The smallest absolute Gasteiger partial charge is 0.224 e. The molecule has 3 heteroatoms. The van der Waals surface area contributed by atoms with Gasteiger partial charge in [0.05, 0.1) is 5.92 Å². The van der Waals surface area contributed by atoms with Crippen LogP contribution in [0, 0.1) is 17.8 Å². The summed E-state index contributed by atoms with van der Waals surface area (Å²) < 4.78 is 0. The van der Waals surface area contributed by atoms with Crippen LogP contribution in [0.15, 0.2) is 0 Å². The summed E-state index contributed by atoms with van der Waals surface area (Å²) in [5.41, 5.74) is 5.59. The molecule has 2 fully saturated rings. The van der Waals surface area contributed by atoms with Crippen molar-refractivity contribution >= 4 is 5.91 Å². The van der Waals surface area contributed by atoms with Crippen LogP contribution in [0.3, 0.4) is 0 Å². The van der Waals surface area contributed by atoms with E-state index in [9.17, 15) is 4.79 Å². The number of fused-ring (bicyclic) bond motifs is 1. The lowest BCUT2D eigenvalue weighted by atomic mass is 9.72. The van der Waals surface area contributed by atoms with Gasteiger partial charge in [-0.25, -0.2) is 0 Å². The molecule has 1 saturated heterocycles. The maximum Gasteiger partial charge on any atom is 0.224 e. The number of carbonyl (C=O) groups is 1. The molecule has 80 valence electrons. The van der Waals surface area contributed by atoms with Crippen LogP contribution in [0.4, 0.5) is 0 Å². The topological polar surface area (TPSA) is 55.1 Å². The lowest BCUT2D eigenvalue weighted by molar-refractivity contribution is -0.129. The average Bonchev–Trinajstić information content (AvgIpc) is 2.17. The van der Waals surface area contributed by atoms with Crippen LogP contribution in [0.2, 0.25) is 0 Å². The highest BCUT2D eigenvalue weighted by Gasteiger charge is 2.37. The number of hydrogen-bond acceptors (Lipinski definition) is 2. The standard InChI is InChI=1S/C11H20N2O/c1-7-2-3-10-8(4-7)5-9(6-12)11(14)13-10/h7-10H,2-6,12H2,1H3,(H,13,14)/t7-,8-,9+,10+/m1/s1. The van der Waals surface area contributed by atoms with E-state index in [1.165, 1.54) is 12.8 Å². The third-order valence-corrected chi connectivity index (χ3v) is 3.81. The predicted octanol–water partition coefficient (Wildman–Crippen LogP) is 0.886. The van der Waals surface area contributed by atoms with Gasteiger partial charge in [0.1, 0.15) is 0 Å². The van der Waals surface area contributed by atoms with Gasteiger partial charge in [-0.05, 0) is 37.5 Å². The molecule has 0 radical (unpaired) electrons. The van der Waals surface area contributed by atoms with E-state index in [0.29, 0.717) is 18.5 Å². The molecule has 2 aliphatic rings. The lowest BCUT2D eigenvalue weighted by Gasteiger charge is -2.41. The van der Waals surface area contributed by atoms with E-state index in [0.717, 1.165) is 18.8 Å². The number of hydrogen-bond donors (Lipinski definition) is 2. The van der Waals surface area contributed by atoms with Gasteiger partial charge < -0.3 is 11.1 Å². The number of rotatable bonds is 1. The Morgan fingerprint density at radius 2 is 2.21 bits per heavy atom. The monoisotopic (exact) mass is 196 g/mol. The van der Waals surface area contributed by atoms with Gasteiger partial charge in [0.2, 0.25) is 5.91 Å². The van der Waals surface area contributed by atoms with E-state index in [1.807, 2.05) is 0 Å². The molecule has 14 heavy (non-hydrogen) atoms. The second kappa shape index (κ2) is 3.89. The molecule has 3 N–H and O–H groups in total. The van der Waals surface area contributed by atoms with Gasteiger partial charge in [0.25, 0.3) is 0 Å². The third kappa shape index (κ3) is 1.78. The minimum atomic E-state index is 0.0709. The highest BCUT2D eigenvalue weighted by atomic mass is 16.2. The first-order valence-electron chi connectivity index (χ1n) is 5.71. The maximum absolute atomic E-state index is 11.6. The normalized spacial score (nSPS) is 42.9.